The van der Waals surface area contributed by atoms with E-state index < -0.39 is 0 Å². The molecule has 11 rings (SSSR count). The molecule has 0 atom stereocenters. The van der Waals surface area contributed by atoms with E-state index in [1.807, 2.05) is 11.3 Å². The van der Waals surface area contributed by atoms with E-state index in [9.17, 15) is 0 Å². The largest absolute Gasteiger partial charge is 0.310 e. The first-order valence-electron chi connectivity index (χ1n) is 22.0. The molecular weight excluding hydrogens is 793 g/mol. The minimum atomic E-state index is -0.239. The molecule has 9 aromatic carbocycles. The monoisotopic (exact) mass is 838 g/mol. The predicted molar refractivity (Wildman–Crippen MR) is 273 cm³/mol. The third-order valence-electron chi connectivity index (χ3n) is 12.7. The second-order valence-corrected chi connectivity index (χ2v) is 18.1. The third kappa shape index (κ3) is 7.30. The summed E-state index contributed by atoms with van der Waals surface area (Å²) in [6.45, 7) is 4.75. The number of fused-ring (bicyclic) bond motifs is 3. The zero-order valence-electron chi connectivity index (χ0n) is 35.9. The topological polar surface area (TPSA) is 6.48 Å². The van der Waals surface area contributed by atoms with Gasteiger partial charge < -0.3 is 9.80 Å². The average molecular weight is 839 g/mol. The molecule has 0 aliphatic heterocycles. The average Bonchev–Trinajstić information content (AvgIpc) is 3.94. The van der Waals surface area contributed by atoms with Crippen LogP contribution in [-0.2, 0) is 5.41 Å². The lowest BCUT2D eigenvalue weighted by Gasteiger charge is -2.29. The van der Waals surface area contributed by atoms with Crippen LogP contribution in [0.3, 0.4) is 0 Å². The van der Waals surface area contributed by atoms with Crippen molar-refractivity contribution in [3.63, 3.8) is 0 Å². The van der Waals surface area contributed by atoms with E-state index in [0.29, 0.717) is 0 Å². The summed E-state index contributed by atoms with van der Waals surface area (Å²) in [5.41, 5.74) is 19.1. The Kier molecular flexibility index (Phi) is 10.1. The summed E-state index contributed by atoms with van der Waals surface area (Å²) in [4.78, 5) is 7.31. The van der Waals surface area contributed by atoms with Crippen LogP contribution in [0.5, 0.6) is 0 Å². The zero-order valence-corrected chi connectivity index (χ0v) is 36.7. The van der Waals surface area contributed by atoms with E-state index in [4.69, 9.17) is 0 Å². The van der Waals surface area contributed by atoms with Gasteiger partial charge in [-0.2, -0.15) is 0 Å². The number of rotatable bonds is 10. The van der Waals surface area contributed by atoms with Crippen molar-refractivity contribution in [1.82, 2.24) is 0 Å². The minimum Gasteiger partial charge on any atom is -0.310 e. The first-order valence-corrected chi connectivity index (χ1v) is 22.8. The first kappa shape index (κ1) is 39.1. The molecule has 1 aromatic heterocycles. The lowest BCUT2D eigenvalue weighted by atomic mass is 9.82. The molecule has 0 saturated heterocycles. The van der Waals surface area contributed by atoms with Crippen molar-refractivity contribution in [2.24, 2.45) is 0 Å². The molecule has 0 spiro atoms. The summed E-state index contributed by atoms with van der Waals surface area (Å²) in [6, 6.07) is 88.1. The van der Waals surface area contributed by atoms with E-state index in [0.717, 1.165) is 34.1 Å². The molecule has 0 radical (unpaired) electrons. The highest BCUT2D eigenvalue weighted by molar-refractivity contribution is 7.18. The summed E-state index contributed by atoms with van der Waals surface area (Å²) < 4.78 is 0. The number of benzene rings is 9. The van der Waals surface area contributed by atoms with Crippen LogP contribution in [0.1, 0.15) is 25.0 Å². The molecule has 0 saturated carbocycles. The van der Waals surface area contributed by atoms with Gasteiger partial charge in [0.25, 0.3) is 0 Å². The van der Waals surface area contributed by atoms with Gasteiger partial charge in [0.2, 0.25) is 0 Å². The molecule has 0 unspecified atom stereocenters. The standard InChI is InChI=1S/C61H46N2S/c1-61(2)57-41-53(62(49-19-11-5-12-20-49)51-31-27-46(28-32-51)45-25-23-44(24-26-45)43-15-7-3-8-16-43)35-37-55(57)56-38-36-54(42-58(56)61)63(50-21-13-6-14-22-50)52-33-29-48(30-34-52)60-40-39-59(64-60)47-17-9-4-10-18-47/h3-42H,1-2H3. The van der Waals surface area contributed by atoms with Gasteiger partial charge in [-0.15, -0.1) is 11.3 Å². The summed E-state index contributed by atoms with van der Waals surface area (Å²) in [5.74, 6) is 0. The highest BCUT2D eigenvalue weighted by atomic mass is 32.1. The molecule has 1 aliphatic carbocycles. The lowest BCUT2D eigenvalue weighted by Crippen LogP contribution is -2.17. The van der Waals surface area contributed by atoms with Gasteiger partial charge in [-0.1, -0.05) is 172 Å². The molecule has 0 amide bonds. The van der Waals surface area contributed by atoms with Gasteiger partial charge in [-0.05, 0) is 141 Å². The Morgan fingerprint density at radius 3 is 1.00 bits per heavy atom. The van der Waals surface area contributed by atoms with E-state index in [-0.39, 0.29) is 5.41 Å². The van der Waals surface area contributed by atoms with Gasteiger partial charge in [0.1, 0.15) is 0 Å². The highest BCUT2D eigenvalue weighted by Crippen LogP contribution is 2.52. The number of para-hydroxylation sites is 2. The Balaban J connectivity index is 0.911. The Bertz CT molecular complexity index is 3190. The molecular formula is C61H46N2S. The Morgan fingerprint density at radius 2 is 0.578 bits per heavy atom. The molecule has 306 valence electrons. The Labute approximate surface area is 380 Å². The maximum atomic E-state index is 2.42. The van der Waals surface area contributed by atoms with Crippen LogP contribution in [0.15, 0.2) is 243 Å². The van der Waals surface area contributed by atoms with Crippen LogP contribution in [-0.4, -0.2) is 0 Å². The first-order chi connectivity index (χ1) is 31.5. The second kappa shape index (κ2) is 16.5. The summed E-state index contributed by atoms with van der Waals surface area (Å²) >= 11 is 1.84. The molecule has 0 N–H and O–H groups in total. The van der Waals surface area contributed by atoms with Gasteiger partial charge in [-0.3, -0.25) is 0 Å². The van der Waals surface area contributed by atoms with Crippen molar-refractivity contribution in [1.29, 1.82) is 0 Å². The van der Waals surface area contributed by atoms with Gasteiger partial charge in [0, 0.05) is 49.3 Å². The smallest absolute Gasteiger partial charge is 0.0465 e. The molecule has 64 heavy (non-hydrogen) atoms. The fraction of sp³-hybridized carbons (Fsp3) is 0.0492. The van der Waals surface area contributed by atoms with E-state index in [1.165, 1.54) is 65.4 Å². The van der Waals surface area contributed by atoms with Crippen LogP contribution < -0.4 is 9.80 Å². The van der Waals surface area contributed by atoms with Gasteiger partial charge in [-0.25, -0.2) is 0 Å². The number of anilines is 6. The predicted octanol–water partition coefficient (Wildman–Crippen LogP) is 17.7. The summed E-state index contributed by atoms with van der Waals surface area (Å²) in [7, 11) is 0. The molecule has 0 fully saturated rings. The van der Waals surface area contributed by atoms with Gasteiger partial charge in [0.15, 0.2) is 0 Å². The van der Waals surface area contributed by atoms with Crippen molar-refractivity contribution in [3.05, 3.63) is 254 Å². The van der Waals surface area contributed by atoms with Crippen molar-refractivity contribution >= 4 is 45.5 Å². The van der Waals surface area contributed by atoms with E-state index in [1.54, 1.807) is 0 Å². The van der Waals surface area contributed by atoms with Crippen molar-refractivity contribution in [2.45, 2.75) is 19.3 Å². The fourth-order valence-electron chi connectivity index (χ4n) is 9.35. The summed E-state index contributed by atoms with van der Waals surface area (Å²) in [5, 5.41) is 0. The van der Waals surface area contributed by atoms with Crippen LogP contribution >= 0.6 is 11.3 Å². The Morgan fingerprint density at radius 1 is 0.281 bits per heavy atom. The maximum absolute atomic E-state index is 2.42. The van der Waals surface area contributed by atoms with E-state index in [2.05, 4.69) is 266 Å². The van der Waals surface area contributed by atoms with Gasteiger partial charge >= 0.3 is 0 Å². The number of nitrogens with zero attached hydrogens (tertiary/aromatic N) is 2. The number of hydrogen-bond acceptors (Lipinski definition) is 3. The highest BCUT2D eigenvalue weighted by Gasteiger charge is 2.37. The third-order valence-corrected chi connectivity index (χ3v) is 13.9. The van der Waals surface area contributed by atoms with Crippen LogP contribution in [0, 0.1) is 0 Å². The summed E-state index contributed by atoms with van der Waals surface area (Å²) in [6.07, 6.45) is 0. The molecule has 3 heteroatoms. The SMILES string of the molecule is CC1(C)c2cc(N(c3ccccc3)c3ccc(-c4ccc(-c5ccccc5)cc4)cc3)ccc2-c2ccc(N(c3ccccc3)c3ccc(-c4ccc(-c5ccccc5)s4)cc3)cc21. The molecule has 2 nitrogen and oxygen atoms in total. The Hall–Kier alpha value is -7.72. The van der Waals surface area contributed by atoms with Crippen LogP contribution in [0.2, 0.25) is 0 Å². The normalized spacial score (nSPS) is 12.3. The van der Waals surface area contributed by atoms with Crippen molar-refractivity contribution < 1.29 is 0 Å². The van der Waals surface area contributed by atoms with Crippen LogP contribution in [0.25, 0.3) is 54.3 Å². The van der Waals surface area contributed by atoms with Crippen molar-refractivity contribution in [3.8, 4) is 54.3 Å². The lowest BCUT2D eigenvalue weighted by molar-refractivity contribution is 0.660. The van der Waals surface area contributed by atoms with Crippen molar-refractivity contribution in [2.75, 3.05) is 9.80 Å². The fourth-order valence-corrected chi connectivity index (χ4v) is 10.4. The maximum Gasteiger partial charge on any atom is 0.0465 e. The van der Waals surface area contributed by atoms with Gasteiger partial charge in [0.05, 0.1) is 0 Å². The molecule has 1 heterocycles. The molecule has 0 bridgehead atoms. The van der Waals surface area contributed by atoms with Crippen LogP contribution in [0.4, 0.5) is 34.1 Å². The quantitative estimate of drug-likeness (QED) is 0.135. The molecule has 10 aromatic rings. The second-order valence-electron chi connectivity index (χ2n) is 17.0. The number of thiophene rings is 1. The minimum absolute atomic E-state index is 0.239. The van der Waals surface area contributed by atoms with E-state index >= 15 is 0 Å². The number of hydrogen-bond donors (Lipinski definition) is 0. The zero-order chi connectivity index (χ0) is 43.0. The molecule has 1 aliphatic rings.